The zero-order valence-electron chi connectivity index (χ0n) is 10.9. The third-order valence-electron chi connectivity index (χ3n) is 3.05. The normalized spacial score (nSPS) is 16.6. The second-order valence-electron chi connectivity index (χ2n) is 4.91. The molecule has 0 unspecified atom stereocenters. The van der Waals surface area contributed by atoms with Crippen LogP contribution in [0.3, 0.4) is 0 Å². The van der Waals surface area contributed by atoms with E-state index in [1.807, 2.05) is 16.8 Å². The lowest BCUT2D eigenvalue weighted by molar-refractivity contribution is 0.151. The second kappa shape index (κ2) is 6.74. The van der Waals surface area contributed by atoms with Crippen LogP contribution in [-0.4, -0.2) is 68.1 Å². The van der Waals surface area contributed by atoms with E-state index in [1.165, 1.54) is 6.42 Å². The van der Waals surface area contributed by atoms with Crippen molar-refractivity contribution in [2.45, 2.75) is 25.7 Å². The number of nitrogens with zero attached hydrogens (tertiary/aromatic N) is 3. The molecular formula is C12H25N3O. The lowest BCUT2D eigenvalue weighted by Gasteiger charge is -2.31. The minimum absolute atomic E-state index is 0.207. The molecule has 1 rings (SSSR count). The van der Waals surface area contributed by atoms with Crippen LogP contribution in [0.4, 0.5) is 4.79 Å². The van der Waals surface area contributed by atoms with Gasteiger partial charge in [0.05, 0.1) is 0 Å². The fourth-order valence-corrected chi connectivity index (χ4v) is 2.05. The van der Waals surface area contributed by atoms with Crippen LogP contribution in [0.15, 0.2) is 0 Å². The van der Waals surface area contributed by atoms with Crippen molar-refractivity contribution in [1.82, 2.24) is 14.7 Å². The summed E-state index contributed by atoms with van der Waals surface area (Å²) < 4.78 is 0. The van der Waals surface area contributed by atoms with Crippen LogP contribution < -0.4 is 0 Å². The van der Waals surface area contributed by atoms with Crippen molar-refractivity contribution < 1.29 is 4.79 Å². The largest absolute Gasteiger partial charge is 0.328 e. The van der Waals surface area contributed by atoms with Crippen molar-refractivity contribution >= 4 is 6.03 Å². The van der Waals surface area contributed by atoms with E-state index in [2.05, 4.69) is 19.0 Å². The number of rotatable bonds is 4. The van der Waals surface area contributed by atoms with E-state index < -0.39 is 0 Å². The summed E-state index contributed by atoms with van der Waals surface area (Å²) in [6.45, 7) is 3.78. The number of likely N-dealkylation sites (tertiary alicyclic amines) is 1. The van der Waals surface area contributed by atoms with Crippen LogP contribution in [0, 0.1) is 0 Å². The molecular weight excluding hydrogens is 202 g/mol. The van der Waals surface area contributed by atoms with E-state index in [1.54, 1.807) is 0 Å². The van der Waals surface area contributed by atoms with E-state index >= 15 is 0 Å². The molecule has 4 nitrogen and oxygen atoms in total. The first-order chi connectivity index (χ1) is 7.61. The third kappa shape index (κ3) is 4.39. The molecule has 0 atom stereocenters. The summed E-state index contributed by atoms with van der Waals surface area (Å²) in [7, 11) is 6.03. The van der Waals surface area contributed by atoms with Gasteiger partial charge in [-0.25, -0.2) is 4.79 Å². The summed E-state index contributed by atoms with van der Waals surface area (Å²) in [5, 5.41) is 0. The topological polar surface area (TPSA) is 26.8 Å². The Morgan fingerprint density at radius 1 is 1.06 bits per heavy atom. The maximum atomic E-state index is 12.0. The molecule has 1 saturated heterocycles. The van der Waals surface area contributed by atoms with Gasteiger partial charge in [0.2, 0.25) is 0 Å². The fourth-order valence-electron chi connectivity index (χ4n) is 2.05. The Kier molecular flexibility index (Phi) is 5.60. The number of hydrogen-bond acceptors (Lipinski definition) is 2. The molecule has 0 bridgehead atoms. The lowest BCUT2D eigenvalue weighted by atomic mass is 10.1. The van der Waals surface area contributed by atoms with E-state index in [0.29, 0.717) is 0 Å². The summed E-state index contributed by atoms with van der Waals surface area (Å²) >= 11 is 0. The molecule has 1 heterocycles. The summed E-state index contributed by atoms with van der Waals surface area (Å²) in [5.41, 5.74) is 0. The molecule has 1 aliphatic heterocycles. The predicted octanol–water partition coefficient (Wildman–Crippen LogP) is 1.48. The van der Waals surface area contributed by atoms with Gasteiger partial charge in [-0.3, -0.25) is 0 Å². The van der Waals surface area contributed by atoms with Gasteiger partial charge in [-0.1, -0.05) is 0 Å². The van der Waals surface area contributed by atoms with Crippen LogP contribution in [0.25, 0.3) is 0 Å². The SMILES string of the molecule is CN(C)CCCN(C)C(=O)N1CCCCC1. The zero-order valence-corrected chi connectivity index (χ0v) is 10.9. The summed E-state index contributed by atoms with van der Waals surface area (Å²) in [5.74, 6) is 0. The Bertz CT molecular complexity index is 212. The van der Waals surface area contributed by atoms with Gasteiger partial charge in [0.1, 0.15) is 0 Å². The summed E-state index contributed by atoms with van der Waals surface area (Å²) in [6.07, 6.45) is 4.64. The van der Waals surface area contributed by atoms with E-state index in [0.717, 1.165) is 45.4 Å². The molecule has 0 aromatic rings. The molecule has 0 aliphatic carbocycles. The number of carbonyl (C=O) groups is 1. The highest BCUT2D eigenvalue weighted by Gasteiger charge is 2.19. The van der Waals surface area contributed by atoms with Crippen LogP contribution >= 0.6 is 0 Å². The standard InChI is InChI=1S/C12H25N3O/c1-13(2)8-7-9-14(3)12(16)15-10-5-4-6-11-15/h4-11H2,1-3H3. The summed E-state index contributed by atoms with van der Waals surface area (Å²) in [4.78, 5) is 18.0. The van der Waals surface area contributed by atoms with Crippen molar-refractivity contribution in [2.75, 3.05) is 47.3 Å². The summed E-state index contributed by atoms with van der Waals surface area (Å²) in [6, 6.07) is 0.207. The minimum atomic E-state index is 0.207. The predicted molar refractivity (Wildman–Crippen MR) is 66.6 cm³/mol. The Hall–Kier alpha value is -0.770. The van der Waals surface area contributed by atoms with Crippen LogP contribution in [-0.2, 0) is 0 Å². The molecule has 2 amide bonds. The van der Waals surface area contributed by atoms with Gasteiger partial charge in [-0.15, -0.1) is 0 Å². The molecule has 0 saturated carbocycles. The van der Waals surface area contributed by atoms with E-state index in [-0.39, 0.29) is 6.03 Å². The fraction of sp³-hybridized carbons (Fsp3) is 0.917. The first-order valence-corrected chi connectivity index (χ1v) is 6.26. The first-order valence-electron chi connectivity index (χ1n) is 6.26. The van der Waals surface area contributed by atoms with Crippen LogP contribution in [0.2, 0.25) is 0 Å². The molecule has 0 N–H and O–H groups in total. The van der Waals surface area contributed by atoms with E-state index in [4.69, 9.17) is 0 Å². The van der Waals surface area contributed by atoms with Gasteiger partial charge in [-0.05, 0) is 46.3 Å². The van der Waals surface area contributed by atoms with Crippen molar-refractivity contribution in [3.8, 4) is 0 Å². The Balaban J connectivity index is 2.23. The average Bonchev–Trinajstić information content (AvgIpc) is 2.28. The third-order valence-corrected chi connectivity index (χ3v) is 3.05. The Morgan fingerprint density at radius 2 is 1.69 bits per heavy atom. The molecule has 1 fully saturated rings. The molecule has 0 radical (unpaired) electrons. The van der Waals surface area contributed by atoms with Gasteiger partial charge in [-0.2, -0.15) is 0 Å². The first kappa shape index (κ1) is 13.3. The molecule has 1 aliphatic rings. The quantitative estimate of drug-likeness (QED) is 0.727. The van der Waals surface area contributed by atoms with E-state index in [9.17, 15) is 4.79 Å². The highest BCUT2D eigenvalue weighted by atomic mass is 16.2. The minimum Gasteiger partial charge on any atom is -0.328 e. The van der Waals surface area contributed by atoms with Gasteiger partial charge in [0.25, 0.3) is 0 Å². The maximum Gasteiger partial charge on any atom is 0.319 e. The van der Waals surface area contributed by atoms with Gasteiger partial charge < -0.3 is 14.7 Å². The number of carbonyl (C=O) groups excluding carboxylic acids is 1. The van der Waals surface area contributed by atoms with Crippen molar-refractivity contribution in [2.24, 2.45) is 0 Å². The van der Waals surface area contributed by atoms with Crippen LogP contribution in [0.5, 0.6) is 0 Å². The van der Waals surface area contributed by atoms with Crippen molar-refractivity contribution in [1.29, 1.82) is 0 Å². The Morgan fingerprint density at radius 3 is 2.25 bits per heavy atom. The molecule has 4 heteroatoms. The smallest absolute Gasteiger partial charge is 0.319 e. The molecule has 94 valence electrons. The van der Waals surface area contributed by atoms with Gasteiger partial charge >= 0.3 is 6.03 Å². The average molecular weight is 227 g/mol. The van der Waals surface area contributed by atoms with Crippen molar-refractivity contribution in [3.05, 3.63) is 0 Å². The molecule has 0 aromatic carbocycles. The number of amides is 2. The molecule has 0 aromatic heterocycles. The van der Waals surface area contributed by atoms with Gasteiger partial charge in [0, 0.05) is 26.7 Å². The maximum absolute atomic E-state index is 12.0. The Labute approximate surface area is 99.2 Å². The van der Waals surface area contributed by atoms with Crippen molar-refractivity contribution in [3.63, 3.8) is 0 Å². The zero-order chi connectivity index (χ0) is 12.0. The van der Waals surface area contributed by atoms with Gasteiger partial charge in [0.15, 0.2) is 0 Å². The second-order valence-corrected chi connectivity index (χ2v) is 4.91. The number of piperidine rings is 1. The number of urea groups is 1. The highest BCUT2D eigenvalue weighted by Crippen LogP contribution is 2.10. The van der Waals surface area contributed by atoms with Crippen LogP contribution in [0.1, 0.15) is 25.7 Å². The molecule has 16 heavy (non-hydrogen) atoms. The highest BCUT2D eigenvalue weighted by molar-refractivity contribution is 5.74. The lowest BCUT2D eigenvalue weighted by Crippen LogP contribution is -2.44. The number of hydrogen-bond donors (Lipinski definition) is 0. The monoisotopic (exact) mass is 227 g/mol. The molecule has 0 spiro atoms.